The zero-order chi connectivity index (χ0) is 12.6. The zero-order valence-corrected chi connectivity index (χ0v) is 10.7. The molecule has 1 aliphatic rings. The predicted molar refractivity (Wildman–Crippen MR) is 65.1 cm³/mol. The SMILES string of the molecule is C=CCC(N)C(=O)C1CC(C)(C)OC1(C)C. The molecular weight excluding hydrogens is 202 g/mol. The van der Waals surface area contributed by atoms with Crippen molar-refractivity contribution in [2.24, 2.45) is 11.7 Å². The van der Waals surface area contributed by atoms with Crippen LogP contribution in [-0.4, -0.2) is 23.0 Å². The van der Waals surface area contributed by atoms with Gasteiger partial charge in [-0.1, -0.05) is 6.08 Å². The Hall–Kier alpha value is -0.670. The molecule has 0 saturated carbocycles. The van der Waals surface area contributed by atoms with Gasteiger partial charge in [0, 0.05) is 0 Å². The lowest BCUT2D eigenvalue weighted by molar-refractivity contribution is -0.130. The number of nitrogens with two attached hydrogens (primary N) is 1. The van der Waals surface area contributed by atoms with Crippen molar-refractivity contribution >= 4 is 5.78 Å². The second-order valence-corrected chi connectivity index (χ2v) is 5.76. The second kappa shape index (κ2) is 4.30. The largest absolute Gasteiger partial charge is 0.369 e. The highest BCUT2D eigenvalue weighted by molar-refractivity contribution is 5.87. The lowest BCUT2D eigenvalue weighted by Crippen LogP contribution is -2.42. The monoisotopic (exact) mass is 225 g/mol. The van der Waals surface area contributed by atoms with Crippen molar-refractivity contribution in [2.45, 2.75) is 57.8 Å². The maximum atomic E-state index is 12.2. The van der Waals surface area contributed by atoms with Crippen molar-refractivity contribution in [3.8, 4) is 0 Å². The minimum Gasteiger partial charge on any atom is -0.369 e. The van der Waals surface area contributed by atoms with Gasteiger partial charge in [0.25, 0.3) is 0 Å². The Morgan fingerprint density at radius 3 is 2.50 bits per heavy atom. The molecule has 0 radical (unpaired) electrons. The fourth-order valence-electron chi connectivity index (χ4n) is 2.56. The Kier molecular flexibility index (Phi) is 3.60. The summed E-state index contributed by atoms with van der Waals surface area (Å²) in [5.74, 6) is -0.0204. The normalized spacial score (nSPS) is 28.7. The number of carbonyl (C=O) groups excluding carboxylic acids is 1. The van der Waals surface area contributed by atoms with Crippen LogP contribution in [0.5, 0.6) is 0 Å². The van der Waals surface area contributed by atoms with E-state index in [0.29, 0.717) is 6.42 Å². The van der Waals surface area contributed by atoms with E-state index >= 15 is 0 Å². The lowest BCUT2D eigenvalue weighted by atomic mass is 9.81. The summed E-state index contributed by atoms with van der Waals surface area (Å²) in [6, 6.07) is -0.445. The van der Waals surface area contributed by atoms with Gasteiger partial charge in [0.15, 0.2) is 5.78 Å². The van der Waals surface area contributed by atoms with Crippen LogP contribution in [-0.2, 0) is 9.53 Å². The first-order valence-electron chi connectivity index (χ1n) is 5.80. The predicted octanol–water partition coefficient (Wildman–Crippen LogP) is 2.05. The smallest absolute Gasteiger partial charge is 0.155 e. The summed E-state index contributed by atoms with van der Waals surface area (Å²) in [6.07, 6.45) is 2.96. The topological polar surface area (TPSA) is 52.3 Å². The molecule has 0 aromatic rings. The molecule has 0 bridgehead atoms. The molecule has 2 atom stereocenters. The Morgan fingerprint density at radius 2 is 2.12 bits per heavy atom. The van der Waals surface area contributed by atoms with Crippen LogP contribution in [0.3, 0.4) is 0 Å². The molecule has 2 N–H and O–H groups in total. The summed E-state index contributed by atoms with van der Waals surface area (Å²) in [6.45, 7) is 11.6. The minimum absolute atomic E-state index is 0.0930. The first kappa shape index (κ1) is 13.4. The van der Waals surface area contributed by atoms with Gasteiger partial charge in [0.05, 0.1) is 23.2 Å². The number of Topliss-reactive ketones (excluding diaryl/α,β-unsaturated/α-hetero) is 1. The maximum Gasteiger partial charge on any atom is 0.155 e. The zero-order valence-electron chi connectivity index (χ0n) is 10.7. The van der Waals surface area contributed by atoms with Gasteiger partial charge in [-0.05, 0) is 40.5 Å². The summed E-state index contributed by atoms with van der Waals surface area (Å²) >= 11 is 0. The van der Waals surface area contributed by atoms with E-state index in [0.717, 1.165) is 6.42 Å². The molecule has 0 spiro atoms. The Morgan fingerprint density at radius 1 is 1.56 bits per heavy atom. The molecule has 0 aliphatic carbocycles. The van der Waals surface area contributed by atoms with Gasteiger partial charge in [-0.25, -0.2) is 0 Å². The highest BCUT2D eigenvalue weighted by Gasteiger charge is 2.49. The molecule has 1 rings (SSSR count). The van der Waals surface area contributed by atoms with Crippen LogP contribution in [0, 0.1) is 5.92 Å². The van der Waals surface area contributed by atoms with Crippen molar-refractivity contribution in [3.63, 3.8) is 0 Å². The summed E-state index contributed by atoms with van der Waals surface area (Å²) in [5, 5.41) is 0. The Labute approximate surface area is 98.0 Å². The molecule has 3 heteroatoms. The quantitative estimate of drug-likeness (QED) is 0.745. The van der Waals surface area contributed by atoms with Crippen LogP contribution in [0.2, 0.25) is 0 Å². The van der Waals surface area contributed by atoms with E-state index in [-0.39, 0.29) is 17.3 Å². The highest BCUT2D eigenvalue weighted by Crippen LogP contribution is 2.42. The van der Waals surface area contributed by atoms with Crippen LogP contribution in [0.25, 0.3) is 0 Å². The summed E-state index contributed by atoms with van der Waals surface area (Å²) < 4.78 is 5.90. The summed E-state index contributed by atoms with van der Waals surface area (Å²) in [5.41, 5.74) is 5.19. The third-order valence-corrected chi connectivity index (χ3v) is 3.20. The van der Waals surface area contributed by atoms with Gasteiger partial charge in [0.2, 0.25) is 0 Å². The molecule has 2 unspecified atom stereocenters. The fourth-order valence-corrected chi connectivity index (χ4v) is 2.56. The van der Waals surface area contributed by atoms with E-state index in [4.69, 9.17) is 10.5 Å². The van der Waals surface area contributed by atoms with Crippen LogP contribution >= 0.6 is 0 Å². The third kappa shape index (κ3) is 2.71. The molecule has 1 fully saturated rings. The average molecular weight is 225 g/mol. The number of hydrogen-bond acceptors (Lipinski definition) is 3. The molecule has 1 aliphatic heterocycles. The van der Waals surface area contributed by atoms with Crippen LogP contribution in [0.15, 0.2) is 12.7 Å². The van der Waals surface area contributed by atoms with Gasteiger partial charge in [-0.3, -0.25) is 4.79 Å². The van der Waals surface area contributed by atoms with E-state index in [1.165, 1.54) is 0 Å². The summed E-state index contributed by atoms with van der Waals surface area (Å²) in [7, 11) is 0. The van der Waals surface area contributed by atoms with Gasteiger partial charge in [-0.15, -0.1) is 6.58 Å². The van der Waals surface area contributed by atoms with Gasteiger partial charge in [-0.2, -0.15) is 0 Å². The minimum atomic E-state index is -0.445. The average Bonchev–Trinajstić information content (AvgIpc) is 2.33. The van der Waals surface area contributed by atoms with Crippen molar-refractivity contribution in [3.05, 3.63) is 12.7 Å². The Balaban J connectivity index is 2.80. The number of hydrogen-bond donors (Lipinski definition) is 1. The maximum absolute atomic E-state index is 12.2. The number of ketones is 1. The van der Waals surface area contributed by atoms with E-state index in [1.807, 2.05) is 27.7 Å². The van der Waals surface area contributed by atoms with Crippen LogP contribution in [0.4, 0.5) is 0 Å². The number of carbonyl (C=O) groups is 1. The van der Waals surface area contributed by atoms with Gasteiger partial charge < -0.3 is 10.5 Å². The lowest BCUT2D eigenvalue weighted by Gasteiger charge is -2.27. The van der Waals surface area contributed by atoms with Crippen molar-refractivity contribution in [1.82, 2.24) is 0 Å². The molecule has 3 nitrogen and oxygen atoms in total. The van der Waals surface area contributed by atoms with E-state index in [2.05, 4.69) is 6.58 Å². The third-order valence-electron chi connectivity index (χ3n) is 3.20. The van der Waals surface area contributed by atoms with Crippen molar-refractivity contribution < 1.29 is 9.53 Å². The first-order chi connectivity index (χ1) is 7.19. The van der Waals surface area contributed by atoms with Crippen LogP contribution < -0.4 is 5.73 Å². The first-order valence-corrected chi connectivity index (χ1v) is 5.80. The van der Waals surface area contributed by atoms with Gasteiger partial charge >= 0.3 is 0 Å². The van der Waals surface area contributed by atoms with E-state index < -0.39 is 11.6 Å². The highest BCUT2D eigenvalue weighted by atomic mass is 16.5. The molecule has 1 saturated heterocycles. The van der Waals surface area contributed by atoms with E-state index in [1.54, 1.807) is 6.08 Å². The molecule has 16 heavy (non-hydrogen) atoms. The Bertz CT molecular complexity index is 294. The van der Waals surface area contributed by atoms with Crippen molar-refractivity contribution in [1.29, 1.82) is 0 Å². The molecule has 92 valence electrons. The molecular formula is C13H23NO2. The molecule has 0 amide bonds. The molecule has 0 aromatic carbocycles. The fraction of sp³-hybridized carbons (Fsp3) is 0.769. The molecule has 1 heterocycles. The summed E-state index contributed by atoms with van der Waals surface area (Å²) in [4.78, 5) is 12.2. The number of ether oxygens (including phenoxy) is 1. The molecule has 0 aromatic heterocycles. The van der Waals surface area contributed by atoms with Gasteiger partial charge in [0.1, 0.15) is 0 Å². The number of rotatable bonds is 4. The standard InChI is InChI=1S/C13H23NO2/c1-6-7-10(14)11(15)9-8-12(2,3)16-13(9,4)5/h6,9-10H,1,7-8,14H2,2-5H3. The van der Waals surface area contributed by atoms with Crippen molar-refractivity contribution in [2.75, 3.05) is 0 Å². The second-order valence-electron chi connectivity index (χ2n) is 5.76. The van der Waals surface area contributed by atoms with Crippen LogP contribution in [0.1, 0.15) is 40.5 Å². The van der Waals surface area contributed by atoms with E-state index in [9.17, 15) is 4.79 Å².